The summed E-state index contributed by atoms with van der Waals surface area (Å²) in [4.78, 5) is 9.59. The molecule has 0 spiro atoms. The van der Waals surface area contributed by atoms with E-state index in [2.05, 4.69) is 169 Å². The molecule has 7 heteroatoms. The number of hydrogen-bond acceptors (Lipinski definition) is 3. The SMILES string of the molecule is CC(C)(C)c1ccnc(-c2[c-]cc(F)cc2)c1.CC(C)c1cc([Si](C)(C)C)cc(C(C)C)c1-n1c(-c2[c-]ccc3c2oc2c4ccccc4ccc32)nc2ccccc21.[Ir]. The number of pyridine rings is 1. The summed E-state index contributed by atoms with van der Waals surface area (Å²) >= 11 is 0. The first-order valence-electron chi connectivity index (χ1n) is 20.7. The number of fused-ring (bicyclic) bond motifs is 6. The number of halogens is 1. The molecule has 0 atom stereocenters. The molecular weight excluding hydrogens is 934 g/mol. The molecule has 60 heavy (non-hydrogen) atoms. The average molecular weight is 986 g/mol. The Hall–Kier alpha value is -5.20. The van der Waals surface area contributed by atoms with Gasteiger partial charge in [-0.05, 0) is 63.2 Å². The summed E-state index contributed by atoms with van der Waals surface area (Å²) in [5, 5.41) is 6.00. The Labute approximate surface area is 368 Å². The maximum atomic E-state index is 12.8. The van der Waals surface area contributed by atoms with E-state index in [4.69, 9.17) is 9.40 Å². The van der Waals surface area contributed by atoms with Gasteiger partial charge in [0.2, 0.25) is 0 Å². The van der Waals surface area contributed by atoms with Crippen LogP contribution in [0.3, 0.4) is 0 Å². The van der Waals surface area contributed by atoms with Crippen molar-refractivity contribution in [3.05, 3.63) is 156 Å². The monoisotopic (exact) mass is 986 g/mol. The molecule has 307 valence electrons. The second kappa shape index (κ2) is 16.7. The molecule has 0 N–H and O–H groups in total. The number of imidazole rings is 1. The molecule has 0 fully saturated rings. The van der Waals surface area contributed by atoms with E-state index in [1.165, 1.54) is 45.1 Å². The molecule has 4 nitrogen and oxygen atoms in total. The third kappa shape index (κ3) is 8.15. The predicted molar refractivity (Wildman–Crippen MR) is 248 cm³/mol. The van der Waals surface area contributed by atoms with Crippen LogP contribution >= 0.6 is 0 Å². The van der Waals surface area contributed by atoms with Crippen LogP contribution in [-0.4, -0.2) is 22.6 Å². The van der Waals surface area contributed by atoms with Gasteiger partial charge in [0.15, 0.2) is 0 Å². The molecule has 9 rings (SSSR count). The van der Waals surface area contributed by atoms with Crippen LogP contribution in [0.4, 0.5) is 4.39 Å². The largest absolute Gasteiger partial charge is 0.500 e. The van der Waals surface area contributed by atoms with Gasteiger partial charge in [0.05, 0.1) is 30.5 Å². The fraction of sp³-hybridized carbons (Fsp3) is 0.245. The fourth-order valence-corrected chi connectivity index (χ4v) is 9.09. The predicted octanol–water partition coefficient (Wildman–Crippen LogP) is 14.3. The summed E-state index contributed by atoms with van der Waals surface area (Å²) in [5.74, 6) is 1.29. The number of furan rings is 1. The van der Waals surface area contributed by atoms with Gasteiger partial charge in [-0.1, -0.05) is 151 Å². The van der Waals surface area contributed by atoms with Gasteiger partial charge in [0.1, 0.15) is 5.58 Å². The zero-order valence-electron chi connectivity index (χ0n) is 36.2. The smallest absolute Gasteiger partial charge is 0.128 e. The van der Waals surface area contributed by atoms with Crippen molar-refractivity contribution in [1.82, 2.24) is 14.5 Å². The van der Waals surface area contributed by atoms with Crippen molar-refractivity contribution >= 4 is 57.0 Å². The molecule has 0 aliphatic heterocycles. The van der Waals surface area contributed by atoms with Gasteiger partial charge in [0, 0.05) is 48.6 Å². The van der Waals surface area contributed by atoms with Gasteiger partial charge in [-0.25, -0.2) is 0 Å². The molecule has 0 aliphatic rings. The van der Waals surface area contributed by atoms with Crippen molar-refractivity contribution in [2.75, 3.05) is 0 Å². The van der Waals surface area contributed by atoms with Crippen molar-refractivity contribution in [2.45, 2.75) is 85.4 Å². The van der Waals surface area contributed by atoms with Crippen LogP contribution in [0.15, 0.2) is 126 Å². The van der Waals surface area contributed by atoms with Crippen molar-refractivity contribution in [3.63, 3.8) is 0 Å². The van der Waals surface area contributed by atoms with Crippen molar-refractivity contribution < 1.29 is 28.9 Å². The summed E-state index contributed by atoms with van der Waals surface area (Å²) in [6.45, 7) is 23.0. The van der Waals surface area contributed by atoms with Crippen LogP contribution < -0.4 is 5.19 Å². The second-order valence-electron chi connectivity index (χ2n) is 18.3. The number of hydrogen-bond donors (Lipinski definition) is 0. The van der Waals surface area contributed by atoms with Crippen molar-refractivity contribution in [2.24, 2.45) is 0 Å². The number of nitrogens with zero attached hydrogens (tertiary/aromatic N) is 3. The molecule has 0 saturated heterocycles. The summed E-state index contributed by atoms with van der Waals surface area (Å²) < 4.78 is 22.0. The second-order valence-corrected chi connectivity index (χ2v) is 23.4. The van der Waals surface area contributed by atoms with Gasteiger partial charge < -0.3 is 14.0 Å². The molecule has 0 aliphatic carbocycles. The Kier molecular flexibility index (Phi) is 11.9. The third-order valence-corrected chi connectivity index (χ3v) is 13.3. The van der Waals surface area contributed by atoms with Crippen LogP contribution in [0, 0.1) is 17.9 Å². The molecule has 0 amide bonds. The van der Waals surface area contributed by atoms with E-state index in [1.54, 1.807) is 12.3 Å². The zero-order chi connectivity index (χ0) is 41.8. The molecule has 0 saturated carbocycles. The Morgan fingerprint density at radius 2 is 1.42 bits per heavy atom. The summed E-state index contributed by atoms with van der Waals surface area (Å²) in [5.41, 5.74) is 11.6. The van der Waals surface area contributed by atoms with Gasteiger partial charge in [-0.15, -0.1) is 48.0 Å². The number of aromatic nitrogens is 3. The Balaban J connectivity index is 0.000000255. The maximum absolute atomic E-state index is 12.8. The van der Waals surface area contributed by atoms with E-state index in [0.717, 1.165) is 61.0 Å². The van der Waals surface area contributed by atoms with E-state index >= 15 is 0 Å². The molecule has 0 bridgehead atoms. The van der Waals surface area contributed by atoms with Crippen LogP contribution in [0.25, 0.3) is 72.1 Å². The number of benzene rings is 6. The molecule has 3 aromatic heterocycles. The molecule has 9 aromatic rings. The standard InChI is InChI=1S/C38H37N2OSi.C15H15FN.Ir/c1-23(2)31-21-26(42(5,6)7)22-32(24(3)4)35(31)40-34-18-11-10-17-33(34)39-38(40)30-16-12-15-28-29-20-19-25-13-8-9-14-27(25)36(29)41-37(28)30;1-15(2,3)12-8-9-17-14(10-12)11-4-6-13(16)7-5-11;/h8-15,17-24H,1-7H3;4,6-10H,1-3H3;/q2*-1;. The van der Waals surface area contributed by atoms with Gasteiger partial charge >= 0.3 is 0 Å². The minimum absolute atomic E-state index is 0. The molecular formula is C53H52FIrN3OSi-2. The third-order valence-electron chi connectivity index (χ3n) is 11.3. The van der Waals surface area contributed by atoms with Crippen LogP contribution in [0.5, 0.6) is 0 Å². The summed E-state index contributed by atoms with van der Waals surface area (Å²) in [6, 6.07) is 45.3. The minimum atomic E-state index is -1.55. The number of rotatable bonds is 6. The van der Waals surface area contributed by atoms with Gasteiger partial charge in [-0.3, -0.25) is 9.37 Å². The molecule has 1 radical (unpaired) electrons. The summed E-state index contributed by atoms with van der Waals surface area (Å²) in [7, 11) is -1.55. The van der Waals surface area contributed by atoms with Crippen molar-refractivity contribution in [1.29, 1.82) is 0 Å². The van der Waals surface area contributed by atoms with Crippen LogP contribution in [0.2, 0.25) is 19.6 Å². The van der Waals surface area contributed by atoms with E-state index in [-0.39, 0.29) is 31.3 Å². The first-order chi connectivity index (χ1) is 28.1. The molecule has 6 aromatic carbocycles. The first kappa shape index (κ1) is 42.9. The molecule has 3 heterocycles. The maximum Gasteiger partial charge on any atom is 0.128 e. The fourth-order valence-electron chi connectivity index (χ4n) is 7.92. The summed E-state index contributed by atoms with van der Waals surface area (Å²) in [6.07, 6.45) is 1.78. The van der Waals surface area contributed by atoms with E-state index in [1.807, 2.05) is 18.2 Å². The van der Waals surface area contributed by atoms with E-state index in [9.17, 15) is 4.39 Å². The Morgan fingerprint density at radius 3 is 2.08 bits per heavy atom. The average Bonchev–Trinajstić information content (AvgIpc) is 3.79. The van der Waals surface area contributed by atoms with Crippen LogP contribution in [0.1, 0.15) is 77.0 Å². The van der Waals surface area contributed by atoms with Gasteiger partial charge in [-0.2, -0.15) is 0 Å². The van der Waals surface area contributed by atoms with Crippen molar-refractivity contribution in [3.8, 4) is 28.3 Å². The topological polar surface area (TPSA) is 43.9 Å². The first-order valence-corrected chi connectivity index (χ1v) is 24.2. The number of para-hydroxylation sites is 2. The molecule has 0 unspecified atom stereocenters. The van der Waals surface area contributed by atoms with E-state index < -0.39 is 8.07 Å². The Morgan fingerprint density at radius 1 is 0.733 bits per heavy atom. The zero-order valence-corrected chi connectivity index (χ0v) is 39.6. The van der Waals surface area contributed by atoms with Gasteiger partial charge in [0.25, 0.3) is 0 Å². The minimum Gasteiger partial charge on any atom is -0.500 e. The normalized spacial score (nSPS) is 12.1. The quantitative estimate of drug-likeness (QED) is 0.123. The Bertz CT molecular complexity index is 2960. The van der Waals surface area contributed by atoms with E-state index in [0.29, 0.717) is 11.8 Å². The van der Waals surface area contributed by atoms with Crippen LogP contribution in [-0.2, 0) is 25.5 Å².